The van der Waals surface area contributed by atoms with Gasteiger partial charge in [-0.1, -0.05) is 33.6 Å². The van der Waals surface area contributed by atoms with Gasteiger partial charge in [0, 0.05) is 10.4 Å². The van der Waals surface area contributed by atoms with Crippen molar-refractivity contribution in [3.8, 4) is 0 Å². The first-order valence-corrected chi connectivity index (χ1v) is 9.00. The second kappa shape index (κ2) is 8.43. The summed E-state index contributed by atoms with van der Waals surface area (Å²) >= 11 is 3.37. The van der Waals surface area contributed by atoms with Crippen molar-refractivity contribution in [2.24, 2.45) is 11.8 Å². The van der Waals surface area contributed by atoms with Crippen molar-refractivity contribution in [3.63, 3.8) is 0 Å². The van der Waals surface area contributed by atoms with E-state index in [0.717, 1.165) is 10.0 Å². The zero-order valence-electron chi connectivity index (χ0n) is 14.5. The molecule has 0 spiro atoms. The van der Waals surface area contributed by atoms with Crippen molar-refractivity contribution in [1.82, 2.24) is 0 Å². The Morgan fingerprint density at radius 1 is 1.00 bits per heavy atom. The molecule has 1 aliphatic rings. The van der Waals surface area contributed by atoms with Crippen LogP contribution >= 0.6 is 15.9 Å². The fraction of sp³-hybridized carbons (Fsp3) is 0.421. The van der Waals surface area contributed by atoms with E-state index in [1.165, 1.54) is 6.08 Å². The number of ketones is 1. The fourth-order valence-corrected chi connectivity index (χ4v) is 3.45. The number of hydrogen-bond donors (Lipinski definition) is 0. The maximum Gasteiger partial charge on any atom is 0.317 e. The molecule has 5 nitrogen and oxygen atoms in total. The smallest absolute Gasteiger partial charge is 0.317 e. The second-order valence-electron chi connectivity index (χ2n) is 5.83. The summed E-state index contributed by atoms with van der Waals surface area (Å²) in [5.41, 5.74) is 1.32. The third-order valence-corrected chi connectivity index (χ3v) is 4.75. The summed E-state index contributed by atoms with van der Waals surface area (Å²) in [7, 11) is 0. The number of carbonyl (C=O) groups is 3. The van der Waals surface area contributed by atoms with E-state index in [4.69, 9.17) is 9.47 Å². The van der Waals surface area contributed by atoms with Crippen LogP contribution in [0.3, 0.4) is 0 Å². The van der Waals surface area contributed by atoms with Gasteiger partial charge in [0.05, 0.1) is 19.1 Å². The van der Waals surface area contributed by atoms with Crippen molar-refractivity contribution < 1.29 is 23.9 Å². The van der Waals surface area contributed by atoms with Gasteiger partial charge < -0.3 is 9.47 Å². The molecule has 0 fully saturated rings. The Labute approximate surface area is 155 Å². The summed E-state index contributed by atoms with van der Waals surface area (Å²) in [5.74, 6) is -3.80. The molecule has 134 valence electrons. The topological polar surface area (TPSA) is 69.7 Å². The highest BCUT2D eigenvalue weighted by Crippen LogP contribution is 2.42. The lowest BCUT2D eigenvalue weighted by atomic mass is 9.68. The molecule has 1 aromatic rings. The van der Waals surface area contributed by atoms with Gasteiger partial charge in [-0.15, -0.1) is 0 Å². The Morgan fingerprint density at radius 2 is 1.52 bits per heavy atom. The summed E-state index contributed by atoms with van der Waals surface area (Å²) in [4.78, 5) is 37.6. The van der Waals surface area contributed by atoms with Crippen LogP contribution in [0.15, 0.2) is 40.4 Å². The molecule has 0 unspecified atom stereocenters. The van der Waals surface area contributed by atoms with Crippen molar-refractivity contribution in [1.29, 1.82) is 0 Å². The van der Waals surface area contributed by atoms with Crippen LogP contribution < -0.4 is 0 Å². The predicted molar refractivity (Wildman–Crippen MR) is 95.9 cm³/mol. The number of ether oxygens (including phenoxy) is 2. The number of hydrogen-bond acceptors (Lipinski definition) is 5. The summed E-state index contributed by atoms with van der Waals surface area (Å²) in [6.07, 6.45) is 1.36. The molecule has 0 bridgehead atoms. The molecule has 0 aromatic heterocycles. The van der Waals surface area contributed by atoms with Crippen molar-refractivity contribution in [2.75, 3.05) is 13.2 Å². The minimum absolute atomic E-state index is 0.169. The molecule has 2 rings (SSSR count). The fourth-order valence-electron chi connectivity index (χ4n) is 3.19. The molecule has 0 radical (unpaired) electrons. The number of rotatable bonds is 5. The summed E-state index contributed by atoms with van der Waals surface area (Å²) in [6, 6.07) is 7.24. The van der Waals surface area contributed by atoms with Crippen LogP contribution in [0.5, 0.6) is 0 Å². The molecule has 6 heteroatoms. The van der Waals surface area contributed by atoms with Crippen LogP contribution in [0.25, 0.3) is 0 Å². The van der Waals surface area contributed by atoms with Crippen LogP contribution in [0, 0.1) is 11.8 Å². The first-order chi connectivity index (χ1) is 11.9. The van der Waals surface area contributed by atoms with E-state index in [2.05, 4.69) is 15.9 Å². The zero-order valence-corrected chi connectivity index (χ0v) is 16.0. The van der Waals surface area contributed by atoms with Gasteiger partial charge in [-0.25, -0.2) is 0 Å². The normalized spacial score (nSPS) is 23.0. The highest BCUT2D eigenvalue weighted by Gasteiger charge is 2.47. The molecular weight excluding hydrogens is 388 g/mol. The molecule has 0 amide bonds. The Balaban J connectivity index is 2.56. The number of esters is 2. The third kappa shape index (κ3) is 4.18. The largest absolute Gasteiger partial charge is 0.466 e. The Kier molecular flexibility index (Phi) is 6.53. The van der Waals surface area contributed by atoms with E-state index in [1.54, 1.807) is 32.9 Å². The minimum atomic E-state index is -1.06. The minimum Gasteiger partial charge on any atom is -0.466 e. The summed E-state index contributed by atoms with van der Waals surface area (Å²) < 4.78 is 11.2. The average molecular weight is 409 g/mol. The summed E-state index contributed by atoms with van der Waals surface area (Å²) in [6.45, 7) is 5.52. The monoisotopic (exact) mass is 408 g/mol. The molecular formula is C19H21BrO5. The van der Waals surface area contributed by atoms with Crippen LogP contribution in [-0.4, -0.2) is 30.9 Å². The van der Waals surface area contributed by atoms with E-state index in [1.807, 2.05) is 12.1 Å². The number of benzene rings is 1. The molecule has 1 aromatic carbocycles. The van der Waals surface area contributed by atoms with Gasteiger partial charge in [0.25, 0.3) is 0 Å². The Bertz CT molecular complexity index is 692. The molecule has 25 heavy (non-hydrogen) atoms. The average Bonchev–Trinajstić information content (AvgIpc) is 2.55. The van der Waals surface area contributed by atoms with Crippen LogP contribution in [-0.2, 0) is 23.9 Å². The van der Waals surface area contributed by atoms with Gasteiger partial charge in [-0.3, -0.25) is 14.4 Å². The van der Waals surface area contributed by atoms with Gasteiger partial charge in [0.1, 0.15) is 5.92 Å². The van der Waals surface area contributed by atoms with Crippen molar-refractivity contribution in [3.05, 3.63) is 46.0 Å². The van der Waals surface area contributed by atoms with Gasteiger partial charge in [0.15, 0.2) is 5.78 Å². The number of allylic oxidation sites excluding steroid dienone is 1. The van der Waals surface area contributed by atoms with Gasteiger partial charge in [0.2, 0.25) is 0 Å². The summed E-state index contributed by atoms with van der Waals surface area (Å²) in [5, 5.41) is 0. The van der Waals surface area contributed by atoms with Crippen LogP contribution in [0.1, 0.15) is 32.3 Å². The first kappa shape index (κ1) is 19.4. The Morgan fingerprint density at radius 3 is 2.04 bits per heavy atom. The van der Waals surface area contributed by atoms with Gasteiger partial charge in [-0.05, 0) is 44.5 Å². The highest BCUT2D eigenvalue weighted by molar-refractivity contribution is 9.10. The number of carbonyl (C=O) groups excluding carboxylic acids is 3. The quantitative estimate of drug-likeness (QED) is 0.551. The van der Waals surface area contributed by atoms with E-state index in [-0.39, 0.29) is 19.0 Å². The maximum absolute atomic E-state index is 12.6. The van der Waals surface area contributed by atoms with Crippen LogP contribution in [0.2, 0.25) is 0 Å². The second-order valence-corrected chi connectivity index (χ2v) is 6.74. The van der Waals surface area contributed by atoms with Crippen LogP contribution in [0.4, 0.5) is 0 Å². The van der Waals surface area contributed by atoms with E-state index < -0.39 is 29.7 Å². The molecule has 0 N–H and O–H groups in total. The molecule has 0 heterocycles. The van der Waals surface area contributed by atoms with E-state index in [9.17, 15) is 14.4 Å². The first-order valence-electron chi connectivity index (χ1n) is 8.21. The van der Waals surface area contributed by atoms with E-state index in [0.29, 0.717) is 5.57 Å². The third-order valence-electron chi connectivity index (χ3n) is 4.22. The highest BCUT2D eigenvalue weighted by atomic mass is 79.9. The van der Waals surface area contributed by atoms with Gasteiger partial charge in [-0.2, -0.15) is 0 Å². The maximum atomic E-state index is 12.6. The molecule has 3 atom stereocenters. The van der Waals surface area contributed by atoms with Gasteiger partial charge >= 0.3 is 11.9 Å². The van der Waals surface area contributed by atoms with Crippen molar-refractivity contribution >= 4 is 33.7 Å². The number of halogens is 1. The lowest BCUT2D eigenvalue weighted by molar-refractivity contribution is -0.155. The molecule has 0 aliphatic heterocycles. The lowest BCUT2D eigenvalue weighted by Gasteiger charge is -2.34. The standard InChI is InChI=1S/C19H21BrO5/c1-4-24-18(22)15-11(3)10-14(21)17(19(23)25-5-2)16(15)12-6-8-13(20)9-7-12/h6-10,15-17H,4-5H2,1-3H3/t15-,16-,17-/m1/s1. The molecule has 0 saturated carbocycles. The predicted octanol–water partition coefficient (Wildman–Crippen LogP) is 3.42. The SMILES string of the molecule is CCOC(=O)[C@@H]1C(C)=CC(=O)[C@@H](C(=O)OCC)[C@@H]1c1ccc(Br)cc1. The molecule has 1 aliphatic carbocycles. The molecule has 0 saturated heterocycles. The zero-order chi connectivity index (χ0) is 18.6. The Hall–Kier alpha value is -1.95. The lowest BCUT2D eigenvalue weighted by Crippen LogP contribution is -2.41. The van der Waals surface area contributed by atoms with E-state index >= 15 is 0 Å². The van der Waals surface area contributed by atoms with Crippen molar-refractivity contribution in [2.45, 2.75) is 26.7 Å².